The minimum Gasteiger partial charge on any atom is -0.320 e. The fourth-order valence-electron chi connectivity index (χ4n) is 1.67. The van der Waals surface area contributed by atoms with Gasteiger partial charge in [0.15, 0.2) is 0 Å². The zero-order valence-electron chi connectivity index (χ0n) is 9.45. The van der Waals surface area contributed by atoms with Crippen LogP contribution >= 0.6 is 11.6 Å². The van der Waals surface area contributed by atoms with Crippen LogP contribution in [0.4, 0.5) is 4.39 Å². The first-order valence-corrected chi connectivity index (χ1v) is 5.73. The lowest BCUT2D eigenvalue weighted by molar-refractivity contribution is 0.626. The zero-order chi connectivity index (χ0) is 12.4. The van der Waals surface area contributed by atoms with E-state index in [1.807, 2.05) is 25.1 Å². The van der Waals surface area contributed by atoms with Gasteiger partial charge in [0.25, 0.3) is 0 Å². The second-order valence-electron chi connectivity index (χ2n) is 4.04. The second-order valence-corrected chi connectivity index (χ2v) is 4.45. The maximum Gasteiger partial charge on any atom is 0.123 e. The van der Waals surface area contributed by atoms with Crippen molar-refractivity contribution in [3.63, 3.8) is 0 Å². The van der Waals surface area contributed by atoms with E-state index in [9.17, 15) is 4.39 Å². The second kappa shape index (κ2) is 4.86. The first-order chi connectivity index (χ1) is 8.08. The molecular formula is C14H13ClFN. The van der Waals surface area contributed by atoms with E-state index >= 15 is 0 Å². The molecule has 0 bridgehead atoms. The van der Waals surface area contributed by atoms with Gasteiger partial charge in [0.05, 0.1) is 6.04 Å². The summed E-state index contributed by atoms with van der Waals surface area (Å²) in [6.07, 6.45) is 0. The predicted octanol–water partition coefficient (Wildman–Crippen LogP) is 3.84. The third-order valence-corrected chi connectivity index (χ3v) is 3.19. The number of aryl methyl sites for hydroxylation is 1. The molecule has 0 spiro atoms. The fraction of sp³-hybridized carbons (Fsp3) is 0.143. The Kier molecular flexibility index (Phi) is 3.46. The highest BCUT2D eigenvalue weighted by Gasteiger charge is 2.10. The molecular weight excluding hydrogens is 237 g/mol. The smallest absolute Gasteiger partial charge is 0.123 e. The van der Waals surface area contributed by atoms with Gasteiger partial charge in [-0.1, -0.05) is 35.9 Å². The van der Waals surface area contributed by atoms with Crippen LogP contribution in [0.15, 0.2) is 42.5 Å². The van der Waals surface area contributed by atoms with Crippen LogP contribution in [0.25, 0.3) is 0 Å². The quantitative estimate of drug-likeness (QED) is 0.860. The van der Waals surface area contributed by atoms with E-state index in [0.717, 1.165) is 16.7 Å². The standard InChI is InChI=1S/C14H13ClFN/c1-9-2-3-11(8-13(9)15)14(17)10-4-6-12(16)7-5-10/h2-8,14H,17H2,1H3. The largest absolute Gasteiger partial charge is 0.320 e. The summed E-state index contributed by atoms with van der Waals surface area (Å²) in [6.45, 7) is 1.94. The molecule has 2 aromatic carbocycles. The molecule has 0 heterocycles. The SMILES string of the molecule is Cc1ccc(C(N)c2ccc(F)cc2)cc1Cl. The van der Waals surface area contributed by atoms with Gasteiger partial charge in [-0.15, -0.1) is 0 Å². The van der Waals surface area contributed by atoms with E-state index in [0.29, 0.717) is 5.02 Å². The van der Waals surface area contributed by atoms with Crippen LogP contribution in [-0.2, 0) is 0 Å². The molecule has 0 saturated carbocycles. The molecule has 2 aromatic rings. The van der Waals surface area contributed by atoms with Crippen molar-refractivity contribution in [2.45, 2.75) is 13.0 Å². The molecule has 1 nitrogen and oxygen atoms in total. The van der Waals surface area contributed by atoms with Crippen molar-refractivity contribution in [2.24, 2.45) is 5.73 Å². The Balaban J connectivity index is 2.33. The van der Waals surface area contributed by atoms with Gasteiger partial charge in [-0.25, -0.2) is 4.39 Å². The van der Waals surface area contributed by atoms with Gasteiger partial charge in [0, 0.05) is 5.02 Å². The van der Waals surface area contributed by atoms with Gasteiger partial charge in [-0.3, -0.25) is 0 Å². The van der Waals surface area contributed by atoms with Crippen LogP contribution in [0.2, 0.25) is 5.02 Å². The van der Waals surface area contributed by atoms with E-state index in [4.69, 9.17) is 17.3 Å². The van der Waals surface area contributed by atoms with Gasteiger partial charge in [0.2, 0.25) is 0 Å². The summed E-state index contributed by atoms with van der Waals surface area (Å²) in [5.74, 6) is -0.261. The van der Waals surface area contributed by atoms with E-state index in [-0.39, 0.29) is 11.9 Å². The number of hydrogen-bond acceptors (Lipinski definition) is 1. The lowest BCUT2D eigenvalue weighted by Crippen LogP contribution is -2.11. The minimum absolute atomic E-state index is 0.261. The van der Waals surface area contributed by atoms with Gasteiger partial charge < -0.3 is 5.73 Å². The minimum atomic E-state index is -0.284. The van der Waals surface area contributed by atoms with Crippen LogP contribution in [0.3, 0.4) is 0 Å². The lowest BCUT2D eigenvalue weighted by Gasteiger charge is -2.13. The molecule has 1 atom stereocenters. The van der Waals surface area contributed by atoms with Crippen molar-refractivity contribution in [1.82, 2.24) is 0 Å². The summed E-state index contributed by atoms with van der Waals surface area (Å²) in [6, 6.07) is 11.6. The maximum absolute atomic E-state index is 12.8. The molecule has 1 unspecified atom stereocenters. The third kappa shape index (κ3) is 2.65. The molecule has 2 N–H and O–H groups in total. The molecule has 0 radical (unpaired) electrons. The Morgan fingerprint density at radius 3 is 2.24 bits per heavy atom. The van der Waals surface area contributed by atoms with Crippen LogP contribution < -0.4 is 5.73 Å². The molecule has 17 heavy (non-hydrogen) atoms. The number of rotatable bonds is 2. The van der Waals surface area contributed by atoms with Crippen LogP contribution in [-0.4, -0.2) is 0 Å². The van der Waals surface area contributed by atoms with Crippen molar-refractivity contribution in [1.29, 1.82) is 0 Å². The summed E-state index contributed by atoms with van der Waals surface area (Å²) in [5.41, 5.74) is 8.91. The molecule has 0 amide bonds. The zero-order valence-corrected chi connectivity index (χ0v) is 10.2. The van der Waals surface area contributed by atoms with Gasteiger partial charge in [-0.2, -0.15) is 0 Å². The summed E-state index contributed by atoms with van der Waals surface area (Å²) < 4.78 is 12.8. The molecule has 0 saturated heterocycles. The topological polar surface area (TPSA) is 26.0 Å². The van der Waals surface area contributed by atoms with Crippen molar-refractivity contribution in [3.8, 4) is 0 Å². The predicted molar refractivity (Wildman–Crippen MR) is 68.6 cm³/mol. The summed E-state index contributed by atoms with van der Waals surface area (Å²) >= 11 is 6.06. The van der Waals surface area contributed by atoms with Gasteiger partial charge >= 0.3 is 0 Å². The lowest BCUT2D eigenvalue weighted by atomic mass is 9.99. The van der Waals surface area contributed by atoms with Gasteiger partial charge in [0.1, 0.15) is 5.82 Å². The highest BCUT2D eigenvalue weighted by molar-refractivity contribution is 6.31. The van der Waals surface area contributed by atoms with Crippen molar-refractivity contribution in [2.75, 3.05) is 0 Å². The highest BCUT2D eigenvalue weighted by Crippen LogP contribution is 2.24. The summed E-state index contributed by atoms with van der Waals surface area (Å²) in [4.78, 5) is 0. The van der Waals surface area contributed by atoms with Crippen molar-refractivity contribution < 1.29 is 4.39 Å². The average molecular weight is 250 g/mol. The Labute approximate surface area is 105 Å². The molecule has 0 aliphatic carbocycles. The van der Waals surface area contributed by atoms with Gasteiger partial charge in [-0.05, 0) is 41.8 Å². The van der Waals surface area contributed by atoms with Crippen molar-refractivity contribution in [3.05, 3.63) is 70.0 Å². The number of benzene rings is 2. The van der Waals surface area contributed by atoms with Crippen LogP contribution in [0.5, 0.6) is 0 Å². The van der Waals surface area contributed by atoms with Crippen LogP contribution in [0.1, 0.15) is 22.7 Å². The number of nitrogens with two attached hydrogens (primary N) is 1. The molecule has 0 aliphatic heterocycles. The molecule has 0 aromatic heterocycles. The third-order valence-electron chi connectivity index (χ3n) is 2.78. The summed E-state index contributed by atoms with van der Waals surface area (Å²) in [5, 5.41) is 0.695. The molecule has 88 valence electrons. The first-order valence-electron chi connectivity index (χ1n) is 5.35. The fourth-order valence-corrected chi connectivity index (χ4v) is 1.85. The maximum atomic E-state index is 12.8. The highest BCUT2D eigenvalue weighted by atomic mass is 35.5. The van der Waals surface area contributed by atoms with E-state index in [1.165, 1.54) is 12.1 Å². The number of hydrogen-bond donors (Lipinski definition) is 1. The Morgan fingerprint density at radius 1 is 1.06 bits per heavy atom. The van der Waals surface area contributed by atoms with E-state index in [2.05, 4.69) is 0 Å². The first kappa shape index (κ1) is 12.1. The molecule has 2 rings (SSSR count). The van der Waals surface area contributed by atoms with Crippen LogP contribution in [0, 0.1) is 12.7 Å². The number of halogens is 2. The Morgan fingerprint density at radius 2 is 1.65 bits per heavy atom. The van der Waals surface area contributed by atoms with Crippen molar-refractivity contribution >= 4 is 11.6 Å². The Hall–Kier alpha value is -1.38. The van der Waals surface area contributed by atoms with E-state index < -0.39 is 0 Å². The molecule has 0 fully saturated rings. The Bertz CT molecular complexity index is 522. The normalized spacial score (nSPS) is 12.5. The van der Waals surface area contributed by atoms with E-state index in [1.54, 1.807) is 12.1 Å². The summed E-state index contributed by atoms with van der Waals surface area (Å²) in [7, 11) is 0. The average Bonchev–Trinajstić information content (AvgIpc) is 2.33. The molecule has 0 aliphatic rings. The molecule has 3 heteroatoms. The monoisotopic (exact) mass is 249 g/mol.